The maximum atomic E-state index is 12.7. The first-order chi connectivity index (χ1) is 12.5. The van der Waals surface area contributed by atoms with Gasteiger partial charge in [0.25, 0.3) is 0 Å². The second-order valence-electron chi connectivity index (χ2n) is 8.18. The Kier molecular flexibility index (Phi) is 4.78. The van der Waals surface area contributed by atoms with Crippen molar-refractivity contribution in [1.29, 1.82) is 0 Å². The Labute approximate surface area is 155 Å². The van der Waals surface area contributed by atoms with E-state index in [1.54, 1.807) is 13.8 Å². The normalized spacial score (nSPS) is 28.5. The van der Waals surface area contributed by atoms with Gasteiger partial charge in [-0.1, -0.05) is 43.2 Å². The second kappa shape index (κ2) is 7.07. The van der Waals surface area contributed by atoms with Crippen LogP contribution in [0.5, 0.6) is 0 Å². The molecule has 1 aliphatic carbocycles. The number of carbonyl (C=O) groups is 1. The summed E-state index contributed by atoms with van der Waals surface area (Å²) in [7, 11) is 0. The number of esters is 1. The van der Waals surface area contributed by atoms with Crippen LogP contribution < -0.4 is 0 Å². The molecule has 1 fully saturated rings. The molecule has 0 spiro atoms. The molecule has 0 amide bonds. The van der Waals surface area contributed by atoms with Crippen molar-refractivity contribution >= 4 is 5.97 Å². The molecular weight excluding hydrogens is 328 g/mol. The zero-order chi connectivity index (χ0) is 18.1. The Balaban J connectivity index is 1.55. The third kappa shape index (κ3) is 3.66. The van der Waals surface area contributed by atoms with E-state index in [-0.39, 0.29) is 18.2 Å². The number of cyclic esters (lactones) is 1. The van der Waals surface area contributed by atoms with Crippen molar-refractivity contribution in [2.75, 3.05) is 0 Å². The van der Waals surface area contributed by atoms with E-state index in [2.05, 4.69) is 24.3 Å². The Bertz CT molecular complexity index is 685. The highest BCUT2D eigenvalue weighted by Gasteiger charge is 2.46. The van der Waals surface area contributed by atoms with Crippen molar-refractivity contribution in [3.63, 3.8) is 0 Å². The Morgan fingerprint density at radius 2 is 1.81 bits per heavy atom. The molecule has 0 N–H and O–H groups in total. The highest BCUT2D eigenvalue weighted by atomic mass is 16.7. The summed E-state index contributed by atoms with van der Waals surface area (Å²) in [6, 6.07) is 10.5. The lowest BCUT2D eigenvalue weighted by atomic mass is 9.88. The van der Waals surface area contributed by atoms with Gasteiger partial charge in [-0.25, -0.2) is 4.79 Å². The molecule has 2 atom stereocenters. The molecule has 0 radical (unpaired) electrons. The first-order valence-corrected chi connectivity index (χ1v) is 9.86. The smallest absolute Gasteiger partial charge is 0.343 e. The minimum absolute atomic E-state index is 0.0845. The van der Waals surface area contributed by atoms with Gasteiger partial charge in [-0.05, 0) is 37.2 Å². The van der Waals surface area contributed by atoms with Gasteiger partial charge in [0.05, 0.1) is 12.2 Å². The summed E-state index contributed by atoms with van der Waals surface area (Å²) in [6.07, 6.45) is 7.12. The molecule has 1 saturated carbocycles. The lowest BCUT2D eigenvalue weighted by Crippen LogP contribution is -2.46. The van der Waals surface area contributed by atoms with E-state index in [9.17, 15) is 4.79 Å². The molecule has 2 heterocycles. The van der Waals surface area contributed by atoms with Gasteiger partial charge < -0.3 is 14.2 Å². The highest BCUT2D eigenvalue weighted by Crippen LogP contribution is 2.42. The molecule has 0 aromatic heterocycles. The van der Waals surface area contributed by atoms with Crippen LogP contribution in [0, 0.1) is 5.92 Å². The number of benzene rings is 1. The minimum Gasteiger partial charge on any atom is -0.456 e. The SMILES string of the molecule is CC1(C)OC(=O)C2=C(C[C@@H](CCc3ccccc3)O[C@H]2C2CCCC2)O1. The van der Waals surface area contributed by atoms with Crippen LogP contribution in [0.1, 0.15) is 57.9 Å². The summed E-state index contributed by atoms with van der Waals surface area (Å²) >= 11 is 0. The predicted octanol–water partition coefficient (Wildman–Crippen LogP) is 4.53. The zero-order valence-corrected chi connectivity index (χ0v) is 15.7. The van der Waals surface area contributed by atoms with Crippen LogP contribution in [0.25, 0.3) is 0 Å². The van der Waals surface area contributed by atoms with E-state index < -0.39 is 5.79 Å². The van der Waals surface area contributed by atoms with E-state index in [4.69, 9.17) is 14.2 Å². The van der Waals surface area contributed by atoms with E-state index in [1.165, 1.54) is 18.4 Å². The lowest BCUT2D eigenvalue weighted by molar-refractivity contribution is -0.218. The minimum atomic E-state index is -0.891. The van der Waals surface area contributed by atoms with Crippen LogP contribution in [-0.4, -0.2) is 24.0 Å². The van der Waals surface area contributed by atoms with Crippen molar-refractivity contribution in [2.45, 2.75) is 76.8 Å². The van der Waals surface area contributed by atoms with Crippen LogP contribution in [0.15, 0.2) is 41.7 Å². The van der Waals surface area contributed by atoms with E-state index in [0.29, 0.717) is 17.9 Å². The van der Waals surface area contributed by atoms with E-state index >= 15 is 0 Å². The maximum Gasteiger partial charge on any atom is 0.343 e. The molecule has 0 saturated heterocycles. The van der Waals surface area contributed by atoms with Gasteiger partial charge >= 0.3 is 5.97 Å². The molecule has 4 rings (SSSR count). The van der Waals surface area contributed by atoms with Gasteiger partial charge in [0.1, 0.15) is 11.3 Å². The molecular formula is C22H28O4. The van der Waals surface area contributed by atoms with Crippen molar-refractivity contribution in [2.24, 2.45) is 5.92 Å². The summed E-state index contributed by atoms with van der Waals surface area (Å²) in [6.45, 7) is 3.60. The molecule has 0 bridgehead atoms. The van der Waals surface area contributed by atoms with Crippen LogP contribution in [0.2, 0.25) is 0 Å². The van der Waals surface area contributed by atoms with E-state index in [0.717, 1.165) is 31.4 Å². The van der Waals surface area contributed by atoms with Gasteiger partial charge in [-0.3, -0.25) is 0 Å². The largest absolute Gasteiger partial charge is 0.456 e. The fourth-order valence-electron chi connectivity index (χ4n) is 4.47. The summed E-state index contributed by atoms with van der Waals surface area (Å²) in [5.74, 6) is 0.0521. The Morgan fingerprint density at radius 1 is 1.08 bits per heavy atom. The second-order valence-corrected chi connectivity index (χ2v) is 8.18. The summed E-state index contributed by atoms with van der Waals surface area (Å²) in [5, 5.41) is 0. The maximum absolute atomic E-state index is 12.7. The average Bonchev–Trinajstić information content (AvgIpc) is 3.13. The van der Waals surface area contributed by atoms with Gasteiger partial charge in [-0.2, -0.15) is 0 Å². The molecule has 4 nitrogen and oxygen atoms in total. The average molecular weight is 356 g/mol. The number of rotatable bonds is 4. The van der Waals surface area contributed by atoms with Crippen molar-refractivity contribution in [3.8, 4) is 0 Å². The molecule has 3 aliphatic rings. The Hall–Kier alpha value is -1.81. The van der Waals surface area contributed by atoms with Crippen LogP contribution in [0.3, 0.4) is 0 Å². The van der Waals surface area contributed by atoms with Crippen molar-refractivity contribution in [3.05, 3.63) is 47.2 Å². The van der Waals surface area contributed by atoms with Crippen molar-refractivity contribution < 1.29 is 19.0 Å². The van der Waals surface area contributed by atoms with Crippen molar-refractivity contribution in [1.82, 2.24) is 0 Å². The zero-order valence-electron chi connectivity index (χ0n) is 15.7. The molecule has 0 unspecified atom stereocenters. The molecule has 4 heteroatoms. The molecule has 26 heavy (non-hydrogen) atoms. The highest BCUT2D eigenvalue weighted by molar-refractivity contribution is 5.91. The number of carbonyl (C=O) groups excluding carboxylic acids is 1. The fourth-order valence-corrected chi connectivity index (χ4v) is 4.47. The van der Waals surface area contributed by atoms with Gasteiger partial charge in [0, 0.05) is 20.3 Å². The number of hydrogen-bond donors (Lipinski definition) is 0. The molecule has 1 aromatic rings. The van der Waals surface area contributed by atoms with Gasteiger partial charge in [-0.15, -0.1) is 0 Å². The number of ether oxygens (including phenoxy) is 3. The standard InChI is InChI=1S/C22H28O4/c1-22(2)25-18-14-17(13-12-15-8-4-3-5-9-15)24-20(16-10-6-7-11-16)19(18)21(23)26-22/h3-5,8-9,16-17,20H,6-7,10-14H2,1-2H3/t17-,20+/m1/s1. The Morgan fingerprint density at radius 3 is 2.54 bits per heavy atom. The number of hydrogen-bond acceptors (Lipinski definition) is 4. The summed E-state index contributed by atoms with van der Waals surface area (Å²) in [4.78, 5) is 12.7. The summed E-state index contributed by atoms with van der Waals surface area (Å²) in [5.41, 5.74) is 1.96. The first-order valence-electron chi connectivity index (χ1n) is 9.86. The summed E-state index contributed by atoms with van der Waals surface area (Å²) < 4.78 is 18.0. The van der Waals surface area contributed by atoms with E-state index in [1.807, 2.05) is 6.07 Å². The topological polar surface area (TPSA) is 44.8 Å². The fraction of sp³-hybridized carbons (Fsp3) is 0.591. The van der Waals surface area contributed by atoms with Gasteiger partial charge in [0.2, 0.25) is 5.79 Å². The van der Waals surface area contributed by atoms with Crippen LogP contribution in [0.4, 0.5) is 0 Å². The third-order valence-corrected chi connectivity index (χ3v) is 5.69. The third-order valence-electron chi connectivity index (χ3n) is 5.69. The quantitative estimate of drug-likeness (QED) is 0.744. The van der Waals surface area contributed by atoms with Crippen LogP contribution in [-0.2, 0) is 25.4 Å². The molecule has 140 valence electrons. The van der Waals surface area contributed by atoms with Crippen LogP contribution >= 0.6 is 0 Å². The molecule has 1 aromatic carbocycles. The monoisotopic (exact) mass is 356 g/mol. The lowest BCUT2D eigenvalue weighted by Gasteiger charge is -2.42. The predicted molar refractivity (Wildman–Crippen MR) is 98.3 cm³/mol. The molecule has 2 aliphatic heterocycles. The van der Waals surface area contributed by atoms with Gasteiger partial charge in [0.15, 0.2) is 0 Å². The first kappa shape index (κ1) is 17.6. The number of aryl methyl sites for hydroxylation is 1.